The van der Waals surface area contributed by atoms with Crippen molar-refractivity contribution in [3.8, 4) is 5.75 Å². The van der Waals surface area contributed by atoms with Gasteiger partial charge in [0.1, 0.15) is 5.75 Å². The van der Waals surface area contributed by atoms with Gasteiger partial charge in [-0.15, -0.1) is 23.5 Å². The molecule has 2 heterocycles. The Morgan fingerprint density at radius 3 is 2.39 bits per heavy atom. The summed E-state index contributed by atoms with van der Waals surface area (Å²) in [6.07, 6.45) is 3.87. The first-order valence-electron chi connectivity index (χ1n) is 11.2. The van der Waals surface area contributed by atoms with E-state index in [1.165, 1.54) is 55.0 Å². The number of rotatable bonds is 7. The van der Waals surface area contributed by atoms with Gasteiger partial charge in [-0.1, -0.05) is 31.2 Å². The molecule has 6 heteroatoms. The van der Waals surface area contributed by atoms with Crippen molar-refractivity contribution in [3.05, 3.63) is 59.7 Å². The van der Waals surface area contributed by atoms with Crippen molar-refractivity contribution in [2.24, 2.45) is 5.92 Å². The van der Waals surface area contributed by atoms with E-state index < -0.39 is 0 Å². The number of ether oxygens (including phenoxy) is 1. The summed E-state index contributed by atoms with van der Waals surface area (Å²) in [5.74, 6) is 3.91. The molecule has 0 bridgehead atoms. The highest BCUT2D eigenvalue weighted by atomic mass is 32.2. The second-order valence-corrected chi connectivity index (χ2v) is 11.2. The Morgan fingerprint density at radius 2 is 1.71 bits per heavy atom. The van der Waals surface area contributed by atoms with Crippen LogP contribution in [0.15, 0.2) is 48.5 Å². The summed E-state index contributed by atoms with van der Waals surface area (Å²) in [6.45, 7) is 5.69. The quantitative estimate of drug-likeness (QED) is 0.570. The lowest BCUT2D eigenvalue weighted by Gasteiger charge is -2.30. The number of nitrogens with zero attached hydrogens (tertiary/aromatic N) is 1. The van der Waals surface area contributed by atoms with Crippen LogP contribution in [0.25, 0.3) is 0 Å². The zero-order valence-electron chi connectivity index (χ0n) is 18.2. The summed E-state index contributed by atoms with van der Waals surface area (Å²) in [5, 5.41) is 2.93. The molecule has 1 amide bonds. The second kappa shape index (κ2) is 11.3. The first kappa shape index (κ1) is 22.6. The minimum atomic E-state index is -0.139. The maximum atomic E-state index is 12.3. The molecule has 31 heavy (non-hydrogen) atoms. The largest absolute Gasteiger partial charge is 0.484 e. The van der Waals surface area contributed by atoms with E-state index in [2.05, 4.69) is 41.4 Å². The van der Waals surface area contributed by atoms with Crippen molar-refractivity contribution in [1.82, 2.24) is 4.90 Å². The van der Waals surface area contributed by atoms with Gasteiger partial charge in [0, 0.05) is 12.2 Å². The number of nitrogens with one attached hydrogen (secondary N) is 1. The molecule has 2 fully saturated rings. The minimum absolute atomic E-state index is 0.0139. The first-order chi connectivity index (χ1) is 15.2. The number of amides is 1. The van der Waals surface area contributed by atoms with Crippen LogP contribution in [0.4, 0.5) is 5.69 Å². The number of anilines is 1. The van der Waals surface area contributed by atoms with Gasteiger partial charge in [0.05, 0.1) is 4.58 Å². The summed E-state index contributed by atoms with van der Waals surface area (Å²) in [5.41, 5.74) is 3.43. The van der Waals surface area contributed by atoms with Gasteiger partial charge in [-0.2, -0.15) is 0 Å². The molecule has 4 nitrogen and oxygen atoms in total. The molecule has 2 aromatic carbocycles. The normalized spacial score (nSPS) is 18.6. The molecule has 1 N–H and O–H groups in total. The second-order valence-electron chi connectivity index (χ2n) is 8.49. The Morgan fingerprint density at radius 1 is 1.03 bits per heavy atom. The maximum Gasteiger partial charge on any atom is 0.262 e. The highest BCUT2D eigenvalue weighted by molar-refractivity contribution is 8.16. The van der Waals surface area contributed by atoms with Crippen LogP contribution in [-0.4, -0.2) is 42.0 Å². The number of carbonyl (C=O) groups excluding carboxylic acids is 1. The average molecular weight is 457 g/mol. The fourth-order valence-electron chi connectivity index (χ4n) is 3.92. The van der Waals surface area contributed by atoms with Crippen LogP contribution in [0.5, 0.6) is 5.75 Å². The Labute approximate surface area is 194 Å². The van der Waals surface area contributed by atoms with Gasteiger partial charge in [0.15, 0.2) is 6.61 Å². The maximum absolute atomic E-state index is 12.3. The molecule has 0 aliphatic carbocycles. The van der Waals surface area contributed by atoms with Crippen molar-refractivity contribution in [1.29, 1.82) is 0 Å². The summed E-state index contributed by atoms with van der Waals surface area (Å²) in [6, 6.07) is 16.3. The molecular weight excluding hydrogens is 424 g/mol. The van der Waals surface area contributed by atoms with Crippen LogP contribution in [0, 0.1) is 5.92 Å². The third kappa shape index (κ3) is 6.93. The van der Waals surface area contributed by atoms with Gasteiger partial charge in [-0.25, -0.2) is 0 Å². The third-order valence-electron chi connectivity index (χ3n) is 5.87. The molecule has 4 rings (SSSR count). The Hall–Kier alpha value is -1.63. The molecule has 166 valence electrons. The van der Waals surface area contributed by atoms with E-state index in [-0.39, 0.29) is 12.5 Å². The molecule has 0 aromatic heterocycles. The lowest BCUT2D eigenvalue weighted by atomic mass is 9.99. The fraction of sp³-hybridized carbons (Fsp3) is 0.480. The number of carbonyl (C=O) groups is 1. The lowest BCUT2D eigenvalue weighted by molar-refractivity contribution is -0.118. The van der Waals surface area contributed by atoms with Gasteiger partial charge < -0.3 is 10.1 Å². The van der Waals surface area contributed by atoms with Gasteiger partial charge in [0.25, 0.3) is 5.91 Å². The third-order valence-corrected chi connectivity index (χ3v) is 8.88. The lowest BCUT2D eigenvalue weighted by Crippen LogP contribution is -2.32. The summed E-state index contributed by atoms with van der Waals surface area (Å²) in [4.78, 5) is 14.8. The van der Waals surface area contributed by atoms with Crippen molar-refractivity contribution in [2.45, 2.75) is 37.3 Å². The van der Waals surface area contributed by atoms with E-state index in [1.807, 2.05) is 47.8 Å². The number of thioether (sulfide) groups is 2. The zero-order chi connectivity index (χ0) is 21.5. The number of benzene rings is 2. The van der Waals surface area contributed by atoms with E-state index in [9.17, 15) is 4.79 Å². The van der Waals surface area contributed by atoms with Crippen LogP contribution in [0.1, 0.15) is 41.9 Å². The van der Waals surface area contributed by atoms with E-state index >= 15 is 0 Å². The zero-order valence-corrected chi connectivity index (χ0v) is 19.9. The predicted molar refractivity (Wildman–Crippen MR) is 133 cm³/mol. The predicted octanol–water partition coefficient (Wildman–Crippen LogP) is 5.80. The smallest absolute Gasteiger partial charge is 0.262 e. The Balaban J connectivity index is 1.20. The molecule has 0 atom stereocenters. The van der Waals surface area contributed by atoms with E-state index in [4.69, 9.17) is 4.74 Å². The summed E-state index contributed by atoms with van der Waals surface area (Å²) >= 11 is 4.02. The highest BCUT2D eigenvalue weighted by Gasteiger charge is 2.17. The molecule has 2 saturated heterocycles. The molecule has 2 aliphatic heterocycles. The van der Waals surface area contributed by atoms with Crippen LogP contribution < -0.4 is 10.1 Å². The fourth-order valence-corrected chi connectivity index (χ4v) is 6.81. The standard InChI is InChI=1S/C25H32N2O2S2/c1-19-11-13-27(14-12-19)17-20-3-7-22(8-4-20)26-24(28)18-29-23-9-5-21(6-10-23)25-30-15-2-16-31-25/h3-10,19,25H,2,11-18H2,1H3,(H,26,28). The van der Waals surface area contributed by atoms with Gasteiger partial charge in [-0.3, -0.25) is 9.69 Å². The van der Waals surface area contributed by atoms with Gasteiger partial charge in [0.2, 0.25) is 0 Å². The minimum Gasteiger partial charge on any atom is -0.484 e. The van der Waals surface area contributed by atoms with E-state index in [1.54, 1.807) is 0 Å². The van der Waals surface area contributed by atoms with Crippen LogP contribution >= 0.6 is 23.5 Å². The van der Waals surface area contributed by atoms with Crippen LogP contribution in [-0.2, 0) is 11.3 Å². The van der Waals surface area contributed by atoms with E-state index in [0.717, 1.165) is 23.9 Å². The monoisotopic (exact) mass is 456 g/mol. The van der Waals surface area contributed by atoms with Crippen molar-refractivity contribution < 1.29 is 9.53 Å². The highest BCUT2D eigenvalue weighted by Crippen LogP contribution is 2.43. The molecule has 0 radical (unpaired) electrons. The SMILES string of the molecule is CC1CCN(Cc2ccc(NC(=O)COc3ccc(C4SCCCS4)cc3)cc2)CC1. The molecule has 0 spiro atoms. The van der Waals surface area contributed by atoms with E-state index in [0.29, 0.717) is 4.58 Å². The van der Waals surface area contributed by atoms with Crippen LogP contribution in [0.3, 0.4) is 0 Å². The number of hydrogen-bond acceptors (Lipinski definition) is 5. The topological polar surface area (TPSA) is 41.6 Å². The average Bonchev–Trinajstić information content (AvgIpc) is 2.81. The first-order valence-corrected chi connectivity index (χ1v) is 13.3. The number of likely N-dealkylation sites (tertiary alicyclic amines) is 1. The Bertz CT molecular complexity index is 828. The number of piperidine rings is 1. The van der Waals surface area contributed by atoms with Crippen LogP contribution in [0.2, 0.25) is 0 Å². The molecule has 2 aliphatic rings. The number of hydrogen-bond donors (Lipinski definition) is 1. The summed E-state index contributed by atoms with van der Waals surface area (Å²) < 4.78 is 6.20. The van der Waals surface area contributed by atoms with Crippen molar-refractivity contribution in [2.75, 3.05) is 36.5 Å². The molecule has 2 aromatic rings. The van der Waals surface area contributed by atoms with Crippen molar-refractivity contribution in [3.63, 3.8) is 0 Å². The molecule has 0 unspecified atom stereocenters. The molecule has 0 saturated carbocycles. The van der Waals surface area contributed by atoms with Gasteiger partial charge >= 0.3 is 0 Å². The van der Waals surface area contributed by atoms with Crippen molar-refractivity contribution >= 4 is 35.1 Å². The Kier molecular flexibility index (Phi) is 8.22. The molecular formula is C25H32N2O2S2. The van der Waals surface area contributed by atoms with Gasteiger partial charge in [-0.05, 0) is 85.2 Å². The summed E-state index contributed by atoms with van der Waals surface area (Å²) in [7, 11) is 0.